The lowest BCUT2D eigenvalue weighted by atomic mass is 10.1. The Bertz CT molecular complexity index is 197. The second kappa shape index (κ2) is 7.94. The fourth-order valence-corrected chi connectivity index (χ4v) is 1.59. The van der Waals surface area contributed by atoms with Crippen molar-refractivity contribution in [3.8, 4) is 0 Å². The minimum Gasteiger partial charge on any atom is -0.356 e. The SMILES string of the molecule is CC(CCN)C(=O)NCCCS(C)=O. The first-order chi connectivity index (χ1) is 6.57. The summed E-state index contributed by atoms with van der Waals surface area (Å²) in [7, 11) is -0.766. The quantitative estimate of drug-likeness (QED) is 0.586. The van der Waals surface area contributed by atoms with Crippen molar-refractivity contribution in [3.05, 3.63) is 0 Å². The number of amides is 1. The van der Waals surface area contributed by atoms with Crippen LogP contribution in [-0.2, 0) is 15.6 Å². The summed E-state index contributed by atoms with van der Waals surface area (Å²) >= 11 is 0. The van der Waals surface area contributed by atoms with E-state index in [0.717, 1.165) is 6.42 Å². The highest BCUT2D eigenvalue weighted by Gasteiger charge is 2.10. The maximum absolute atomic E-state index is 11.3. The highest BCUT2D eigenvalue weighted by molar-refractivity contribution is 7.84. The topological polar surface area (TPSA) is 72.2 Å². The average Bonchev–Trinajstić information content (AvgIpc) is 2.12. The van der Waals surface area contributed by atoms with Gasteiger partial charge in [-0.15, -0.1) is 0 Å². The molecule has 0 aromatic heterocycles. The second-order valence-corrected chi connectivity index (χ2v) is 4.95. The average molecular weight is 220 g/mol. The van der Waals surface area contributed by atoms with Crippen LogP contribution in [0.25, 0.3) is 0 Å². The van der Waals surface area contributed by atoms with E-state index in [-0.39, 0.29) is 11.8 Å². The van der Waals surface area contributed by atoms with Crippen LogP contribution in [-0.4, -0.2) is 35.2 Å². The molecule has 0 aliphatic rings. The molecular formula is C9H20N2O2S. The van der Waals surface area contributed by atoms with Crippen LogP contribution in [0.5, 0.6) is 0 Å². The van der Waals surface area contributed by atoms with E-state index in [1.54, 1.807) is 6.26 Å². The molecule has 84 valence electrons. The van der Waals surface area contributed by atoms with Crippen LogP contribution in [0.3, 0.4) is 0 Å². The Hall–Kier alpha value is -0.420. The Morgan fingerprint density at radius 2 is 2.21 bits per heavy atom. The lowest BCUT2D eigenvalue weighted by Gasteiger charge is -2.10. The molecule has 0 saturated carbocycles. The van der Waals surface area contributed by atoms with Crippen molar-refractivity contribution >= 4 is 16.7 Å². The lowest BCUT2D eigenvalue weighted by molar-refractivity contribution is -0.124. The van der Waals surface area contributed by atoms with Crippen molar-refractivity contribution in [2.75, 3.05) is 25.1 Å². The third kappa shape index (κ3) is 7.03. The summed E-state index contributed by atoms with van der Waals surface area (Å²) < 4.78 is 10.7. The summed E-state index contributed by atoms with van der Waals surface area (Å²) in [5.41, 5.74) is 5.34. The molecule has 0 aliphatic heterocycles. The van der Waals surface area contributed by atoms with Gasteiger partial charge in [-0.25, -0.2) is 0 Å². The monoisotopic (exact) mass is 220 g/mol. The first kappa shape index (κ1) is 13.6. The zero-order chi connectivity index (χ0) is 11.0. The predicted octanol–water partition coefficient (Wildman–Crippen LogP) is -0.144. The molecule has 14 heavy (non-hydrogen) atoms. The number of hydrogen-bond acceptors (Lipinski definition) is 3. The van der Waals surface area contributed by atoms with Gasteiger partial charge in [0.1, 0.15) is 0 Å². The Kier molecular flexibility index (Phi) is 7.70. The van der Waals surface area contributed by atoms with Gasteiger partial charge in [0.25, 0.3) is 0 Å². The van der Waals surface area contributed by atoms with Crippen LogP contribution in [0.15, 0.2) is 0 Å². The Balaban J connectivity index is 3.48. The van der Waals surface area contributed by atoms with E-state index in [1.165, 1.54) is 0 Å². The van der Waals surface area contributed by atoms with Crippen molar-refractivity contribution < 1.29 is 9.00 Å². The van der Waals surface area contributed by atoms with Crippen molar-refractivity contribution in [1.82, 2.24) is 5.32 Å². The molecule has 2 atom stereocenters. The molecule has 0 bridgehead atoms. The lowest BCUT2D eigenvalue weighted by Crippen LogP contribution is -2.31. The molecule has 0 rings (SSSR count). The molecule has 0 saturated heterocycles. The maximum Gasteiger partial charge on any atom is 0.222 e. The summed E-state index contributed by atoms with van der Waals surface area (Å²) in [6.07, 6.45) is 3.15. The van der Waals surface area contributed by atoms with Crippen LogP contribution in [0.1, 0.15) is 19.8 Å². The standard InChI is InChI=1S/C9H20N2O2S/c1-8(4-5-10)9(12)11-6-3-7-14(2)13/h8H,3-7,10H2,1-2H3,(H,11,12). The summed E-state index contributed by atoms with van der Waals surface area (Å²) in [5.74, 6) is 0.662. The molecule has 0 aromatic rings. The first-order valence-corrected chi connectivity index (χ1v) is 6.58. The van der Waals surface area contributed by atoms with Gasteiger partial charge in [0.15, 0.2) is 0 Å². The summed E-state index contributed by atoms with van der Waals surface area (Å²) in [6.45, 7) is 3.00. The van der Waals surface area contributed by atoms with Gasteiger partial charge >= 0.3 is 0 Å². The Labute approximate surface area is 88.1 Å². The van der Waals surface area contributed by atoms with Gasteiger partial charge in [-0.1, -0.05) is 6.92 Å². The van der Waals surface area contributed by atoms with Gasteiger partial charge in [0.2, 0.25) is 5.91 Å². The molecule has 0 fully saturated rings. The van der Waals surface area contributed by atoms with Crippen LogP contribution < -0.4 is 11.1 Å². The van der Waals surface area contributed by atoms with E-state index in [1.807, 2.05) is 6.92 Å². The van der Waals surface area contributed by atoms with Crippen molar-refractivity contribution in [2.24, 2.45) is 11.7 Å². The first-order valence-electron chi connectivity index (χ1n) is 4.85. The molecule has 0 heterocycles. The van der Waals surface area contributed by atoms with Crippen molar-refractivity contribution in [3.63, 3.8) is 0 Å². The minimum absolute atomic E-state index is 0.0212. The molecular weight excluding hydrogens is 200 g/mol. The second-order valence-electron chi connectivity index (χ2n) is 3.40. The predicted molar refractivity (Wildman–Crippen MR) is 59.4 cm³/mol. The number of hydrogen-bond donors (Lipinski definition) is 2. The molecule has 0 aromatic carbocycles. The minimum atomic E-state index is -0.766. The van der Waals surface area contributed by atoms with Crippen LogP contribution in [0, 0.1) is 5.92 Å². The van der Waals surface area contributed by atoms with Crippen LogP contribution in [0.4, 0.5) is 0 Å². The van der Waals surface area contributed by atoms with E-state index < -0.39 is 10.8 Å². The highest BCUT2D eigenvalue weighted by atomic mass is 32.2. The number of carbonyl (C=O) groups is 1. The van der Waals surface area contributed by atoms with Gasteiger partial charge in [-0.3, -0.25) is 9.00 Å². The van der Waals surface area contributed by atoms with Gasteiger partial charge in [-0.05, 0) is 19.4 Å². The molecule has 0 radical (unpaired) electrons. The summed E-state index contributed by atoms with van der Waals surface area (Å²) in [4.78, 5) is 11.3. The van der Waals surface area contributed by atoms with Crippen molar-refractivity contribution in [2.45, 2.75) is 19.8 Å². The summed E-state index contributed by atoms with van der Waals surface area (Å²) in [6, 6.07) is 0. The number of carbonyl (C=O) groups excluding carboxylic acids is 1. The highest BCUT2D eigenvalue weighted by Crippen LogP contribution is 1.99. The van der Waals surface area contributed by atoms with E-state index in [2.05, 4.69) is 5.32 Å². The van der Waals surface area contributed by atoms with E-state index in [0.29, 0.717) is 25.3 Å². The maximum atomic E-state index is 11.3. The molecule has 1 amide bonds. The fourth-order valence-electron chi connectivity index (χ4n) is 1.04. The molecule has 5 heteroatoms. The van der Waals surface area contributed by atoms with E-state index >= 15 is 0 Å². The number of nitrogens with two attached hydrogens (primary N) is 1. The van der Waals surface area contributed by atoms with Gasteiger partial charge < -0.3 is 11.1 Å². The summed E-state index contributed by atoms with van der Waals surface area (Å²) in [5, 5.41) is 2.79. The van der Waals surface area contributed by atoms with Crippen molar-refractivity contribution in [1.29, 1.82) is 0 Å². The third-order valence-corrected chi connectivity index (χ3v) is 2.82. The van der Waals surface area contributed by atoms with Gasteiger partial charge in [-0.2, -0.15) is 0 Å². The van der Waals surface area contributed by atoms with E-state index in [9.17, 15) is 9.00 Å². The Morgan fingerprint density at radius 3 is 2.71 bits per heavy atom. The smallest absolute Gasteiger partial charge is 0.222 e. The zero-order valence-corrected chi connectivity index (χ0v) is 9.73. The number of rotatable bonds is 7. The Morgan fingerprint density at radius 1 is 1.57 bits per heavy atom. The fraction of sp³-hybridized carbons (Fsp3) is 0.889. The van der Waals surface area contributed by atoms with E-state index in [4.69, 9.17) is 5.73 Å². The van der Waals surface area contributed by atoms with Gasteiger partial charge in [0, 0.05) is 35.3 Å². The molecule has 3 N–H and O–H groups in total. The normalized spacial score (nSPS) is 14.8. The molecule has 0 aliphatic carbocycles. The molecule has 4 nitrogen and oxygen atoms in total. The number of nitrogens with one attached hydrogen (secondary N) is 1. The van der Waals surface area contributed by atoms with Gasteiger partial charge in [0.05, 0.1) is 0 Å². The third-order valence-electron chi connectivity index (χ3n) is 1.96. The zero-order valence-electron chi connectivity index (χ0n) is 8.91. The molecule has 2 unspecified atom stereocenters. The largest absolute Gasteiger partial charge is 0.356 e. The molecule has 0 spiro atoms. The van der Waals surface area contributed by atoms with Crippen LogP contribution in [0.2, 0.25) is 0 Å². The van der Waals surface area contributed by atoms with Crippen LogP contribution >= 0.6 is 0 Å².